The predicted octanol–water partition coefficient (Wildman–Crippen LogP) is 6.67. The SMILES string of the molecule is CCC=CC1CCC(c2ccc(OCCC)c(CCC)c2)CC1. The van der Waals surface area contributed by atoms with Crippen molar-refractivity contribution in [1.82, 2.24) is 0 Å². The van der Waals surface area contributed by atoms with Gasteiger partial charge >= 0.3 is 0 Å². The van der Waals surface area contributed by atoms with Crippen molar-refractivity contribution in [1.29, 1.82) is 0 Å². The van der Waals surface area contributed by atoms with Crippen LogP contribution in [0.2, 0.25) is 0 Å². The van der Waals surface area contributed by atoms with Gasteiger partial charge in [-0.25, -0.2) is 0 Å². The molecule has 0 aliphatic heterocycles. The molecule has 1 heteroatoms. The lowest BCUT2D eigenvalue weighted by Gasteiger charge is -2.27. The second kappa shape index (κ2) is 9.80. The van der Waals surface area contributed by atoms with Crippen molar-refractivity contribution in [2.24, 2.45) is 5.92 Å². The maximum atomic E-state index is 5.93. The van der Waals surface area contributed by atoms with E-state index in [1.165, 1.54) is 49.7 Å². The average molecular weight is 315 g/mol. The van der Waals surface area contributed by atoms with Gasteiger partial charge in [0.25, 0.3) is 0 Å². The maximum absolute atomic E-state index is 5.93. The van der Waals surface area contributed by atoms with Gasteiger partial charge < -0.3 is 4.74 Å². The molecular weight excluding hydrogens is 280 g/mol. The van der Waals surface area contributed by atoms with E-state index >= 15 is 0 Å². The summed E-state index contributed by atoms with van der Waals surface area (Å²) in [6.45, 7) is 7.46. The van der Waals surface area contributed by atoms with Crippen molar-refractivity contribution in [3.63, 3.8) is 0 Å². The Morgan fingerprint density at radius 2 is 1.83 bits per heavy atom. The van der Waals surface area contributed by atoms with E-state index in [9.17, 15) is 0 Å². The highest BCUT2D eigenvalue weighted by atomic mass is 16.5. The quantitative estimate of drug-likeness (QED) is 0.487. The van der Waals surface area contributed by atoms with Crippen LogP contribution in [-0.2, 0) is 6.42 Å². The normalized spacial score (nSPS) is 21.7. The zero-order valence-corrected chi connectivity index (χ0v) is 15.3. The molecule has 0 amide bonds. The highest BCUT2D eigenvalue weighted by Gasteiger charge is 2.21. The monoisotopic (exact) mass is 314 g/mol. The second-order valence-electron chi connectivity index (χ2n) is 6.91. The highest BCUT2D eigenvalue weighted by Crippen LogP contribution is 2.38. The van der Waals surface area contributed by atoms with Crippen LogP contribution in [0.4, 0.5) is 0 Å². The van der Waals surface area contributed by atoms with Crippen molar-refractivity contribution in [2.75, 3.05) is 6.61 Å². The van der Waals surface area contributed by atoms with Crippen LogP contribution in [-0.4, -0.2) is 6.61 Å². The minimum atomic E-state index is 0.747. The lowest BCUT2D eigenvalue weighted by atomic mass is 9.78. The van der Waals surface area contributed by atoms with E-state index in [-0.39, 0.29) is 0 Å². The lowest BCUT2D eigenvalue weighted by molar-refractivity contribution is 0.313. The zero-order chi connectivity index (χ0) is 16.5. The van der Waals surface area contributed by atoms with Crippen LogP contribution < -0.4 is 4.74 Å². The molecule has 0 unspecified atom stereocenters. The van der Waals surface area contributed by atoms with Crippen molar-refractivity contribution in [2.45, 2.75) is 78.1 Å². The van der Waals surface area contributed by atoms with Gasteiger partial charge in [0, 0.05) is 0 Å². The topological polar surface area (TPSA) is 9.23 Å². The summed E-state index contributed by atoms with van der Waals surface area (Å²) in [7, 11) is 0. The number of hydrogen-bond acceptors (Lipinski definition) is 1. The van der Waals surface area contributed by atoms with Crippen molar-refractivity contribution in [3.05, 3.63) is 41.5 Å². The van der Waals surface area contributed by atoms with Crippen LogP contribution in [0.3, 0.4) is 0 Å². The number of aryl methyl sites for hydroxylation is 1. The van der Waals surface area contributed by atoms with E-state index < -0.39 is 0 Å². The number of hydrogen-bond donors (Lipinski definition) is 0. The fourth-order valence-electron chi connectivity index (χ4n) is 3.64. The van der Waals surface area contributed by atoms with E-state index in [1.807, 2.05) is 0 Å². The first kappa shape index (κ1) is 18.1. The van der Waals surface area contributed by atoms with Gasteiger partial charge in [-0.15, -0.1) is 0 Å². The number of benzene rings is 1. The molecule has 0 aromatic heterocycles. The summed E-state index contributed by atoms with van der Waals surface area (Å²) in [5.74, 6) is 2.67. The first-order valence-corrected chi connectivity index (χ1v) is 9.70. The molecule has 1 aliphatic carbocycles. The summed E-state index contributed by atoms with van der Waals surface area (Å²) in [5, 5.41) is 0. The molecular formula is C22H34O. The Hall–Kier alpha value is -1.24. The molecule has 0 heterocycles. The standard InChI is InChI=1S/C22H34O/c1-4-7-9-18-10-12-19(13-11-18)20-14-15-22(23-16-6-3)21(17-20)8-5-2/h7,9,14-15,17-19H,4-6,8,10-13,16H2,1-3H3. The summed E-state index contributed by atoms with van der Waals surface area (Å²) >= 11 is 0. The molecule has 1 saturated carbocycles. The van der Waals surface area contributed by atoms with Gasteiger partial charge in [-0.2, -0.15) is 0 Å². The molecule has 2 rings (SSSR count). The van der Waals surface area contributed by atoms with E-state index in [2.05, 4.69) is 51.1 Å². The van der Waals surface area contributed by atoms with Crippen molar-refractivity contribution in [3.8, 4) is 5.75 Å². The molecule has 0 bridgehead atoms. The lowest BCUT2D eigenvalue weighted by Crippen LogP contribution is -2.12. The molecule has 0 spiro atoms. The zero-order valence-electron chi connectivity index (χ0n) is 15.3. The largest absolute Gasteiger partial charge is 0.493 e. The molecule has 1 fully saturated rings. The molecule has 1 aromatic carbocycles. The Morgan fingerprint density at radius 3 is 2.48 bits per heavy atom. The van der Waals surface area contributed by atoms with E-state index in [0.29, 0.717) is 0 Å². The molecule has 0 atom stereocenters. The Kier molecular flexibility index (Phi) is 7.71. The fourth-order valence-corrected chi connectivity index (χ4v) is 3.64. The Bertz CT molecular complexity index is 481. The molecule has 0 N–H and O–H groups in total. The summed E-state index contributed by atoms with van der Waals surface area (Å²) in [6, 6.07) is 6.97. The first-order valence-electron chi connectivity index (χ1n) is 9.70. The first-order chi connectivity index (χ1) is 11.3. The van der Waals surface area contributed by atoms with Crippen LogP contribution in [0.1, 0.15) is 82.8 Å². The van der Waals surface area contributed by atoms with E-state index in [1.54, 1.807) is 0 Å². The van der Waals surface area contributed by atoms with E-state index in [4.69, 9.17) is 4.74 Å². The predicted molar refractivity (Wildman–Crippen MR) is 100 cm³/mol. The molecule has 128 valence electrons. The summed E-state index contributed by atoms with van der Waals surface area (Å²) in [5.41, 5.74) is 2.95. The summed E-state index contributed by atoms with van der Waals surface area (Å²) in [4.78, 5) is 0. The minimum Gasteiger partial charge on any atom is -0.493 e. The molecule has 23 heavy (non-hydrogen) atoms. The molecule has 0 radical (unpaired) electrons. The molecule has 1 aromatic rings. The third-order valence-corrected chi connectivity index (χ3v) is 4.95. The van der Waals surface area contributed by atoms with Gasteiger partial charge in [0.15, 0.2) is 0 Å². The Balaban J connectivity index is 2.02. The highest BCUT2D eigenvalue weighted by molar-refractivity contribution is 5.39. The summed E-state index contributed by atoms with van der Waals surface area (Å²) < 4.78 is 5.93. The van der Waals surface area contributed by atoms with Crippen LogP contribution in [0.15, 0.2) is 30.4 Å². The van der Waals surface area contributed by atoms with Gasteiger partial charge in [-0.05, 0) is 74.0 Å². The third kappa shape index (κ3) is 5.41. The third-order valence-electron chi connectivity index (χ3n) is 4.95. The van der Waals surface area contributed by atoms with Gasteiger partial charge in [0.2, 0.25) is 0 Å². The van der Waals surface area contributed by atoms with Gasteiger partial charge in [0.05, 0.1) is 6.61 Å². The van der Waals surface area contributed by atoms with Crippen LogP contribution >= 0.6 is 0 Å². The van der Waals surface area contributed by atoms with Crippen LogP contribution in [0, 0.1) is 5.92 Å². The smallest absolute Gasteiger partial charge is 0.122 e. The fraction of sp³-hybridized carbons (Fsp3) is 0.636. The molecule has 0 saturated heterocycles. The van der Waals surface area contributed by atoms with Gasteiger partial charge in [-0.3, -0.25) is 0 Å². The van der Waals surface area contributed by atoms with Crippen molar-refractivity contribution >= 4 is 0 Å². The number of rotatable bonds is 8. The van der Waals surface area contributed by atoms with Crippen LogP contribution in [0.25, 0.3) is 0 Å². The maximum Gasteiger partial charge on any atom is 0.122 e. The number of allylic oxidation sites excluding steroid dienone is 2. The van der Waals surface area contributed by atoms with Gasteiger partial charge in [-0.1, -0.05) is 51.5 Å². The minimum absolute atomic E-state index is 0.747. The van der Waals surface area contributed by atoms with Gasteiger partial charge in [0.1, 0.15) is 5.75 Å². The Labute approximate surface area is 143 Å². The number of ether oxygens (including phenoxy) is 1. The van der Waals surface area contributed by atoms with Crippen LogP contribution in [0.5, 0.6) is 5.75 Å². The second-order valence-corrected chi connectivity index (χ2v) is 6.91. The molecule has 1 aliphatic rings. The molecule has 1 nitrogen and oxygen atoms in total. The van der Waals surface area contributed by atoms with E-state index in [0.717, 1.165) is 37.0 Å². The average Bonchev–Trinajstić information content (AvgIpc) is 2.59. The Morgan fingerprint density at radius 1 is 1.04 bits per heavy atom. The summed E-state index contributed by atoms with van der Waals surface area (Å²) in [6.07, 6.45) is 14.7. The van der Waals surface area contributed by atoms with Crippen molar-refractivity contribution < 1.29 is 4.74 Å².